The van der Waals surface area contributed by atoms with Gasteiger partial charge >= 0.3 is 0 Å². The van der Waals surface area contributed by atoms with Crippen molar-refractivity contribution in [1.82, 2.24) is 14.1 Å². The van der Waals surface area contributed by atoms with E-state index in [-0.39, 0.29) is 5.56 Å². The van der Waals surface area contributed by atoms with Gasteiger partial charge < -0.3 is 9.30 Å². The quantitative estimate of drug-likeness (QED) is 0.392. The van der Waals surface area contributed by atoms with Crippen LogP contribution < -0.4 is 10.3 Å². The number of aryl methyl sites for hydroxylation is 1. The molecule has 0 aliphatic rings. The highest BCUT2D eigenvalue weighted by Crippen LogP contribution is 2.30. The third kappa shape index (κ3) is 3.19. The number of para-hydroxylation sites is 2. The van der Waals surface area contributed by atoms with Crippen LogP contribution in [-0.2, 0) is 7.05 Å². The van der Waals surface area contributed by atoms with Crippen LogP contribution >= 0.6 is 0 Å². The zero-order valence-electron chi connectivity index (χ0n) is 18.2. The van der Waals surface area contributed by atoms with E-state index in [4.69, 9.17) is 9.72 Å². The SMILES string of the molecule is COc1ccc2c(c1)c(/C=C/c1nc3ccccc3c(=O)n1-c1ccccc1)c(C)n2C. The normalized spacial score (nSPS) is 11.6. The summed E-state index contributed by atoms with van der Waals surface area (Å²) in [7, 11) is 3.72. The van der Waals surface area contributed by atoms with Crippen molar-refractivity contribution in [3.63, 3.8) is 0 Å². The summed E-state index contributed by atoms with van der Waals surface area (Å²) in [5, 5.41) is 1.69. The molecule has 2 heterocycles. The second-order valence-electron chi connectivity index (χ2n) is 7.74. The Morgan fingerprint density at radius 3 is 2.44 bits per heavy atom. The molecule has 5 aromatic rings. The van der Waals surface area contributed by atoms with Crippen LogP contribution in [0.2, 0.25) is 0 Å². The van der Waals surface area contributed by atoms with E-state index in [1.807, 2.05) is 78.9 Å². The summed E-state index contributed by atoms with van der Waals surface area (Å²) in [4.78, 5) is 18.2. The van der Waals surface area contributed by atoms with Gasteiger partial charge in [-0.25, -0.2) is 4.98 Å². The molecule has 0 saturated heterocycles. The Morgan fingerprint density at radius 1 is 0.906 bits per heavy atom. The van der Waals surface area contributed by atoms with E-state index in [1.165, 1.54) is 0 Å². The van der Waals surface area contributed by atoms with E-state index in [1.54, 1.807) is 11.7 Å². The highest BCUT2D eigenvalue weighted by atomic mass is 16.5. The van der Waals surface area contributed by atoms with Crippen LogP contribution in [0.3, 0.4) is 0 Å². The van der Waals surface area contributed by atoms with Crippen molar-refractivity contribution >= 4 is 34.0 Å². The van der Waals surface area contributed by atoms with Gasteiger partial charge in [-0.15, -0.1) is 0 Å². The van der Waals surface area contributed by atoms with Gasteiger partial charge in [0.1, 0.15) is 11.6 Å². The van der Waals surface area contributed by atoms with E-state index < -0.39 is 0 Å². The minimum atomic E-state index is -0.0854. The first-order chi connectivity index (χ1) is 15.6. The van der Waals surface area contributed by atoms with Crippen molar-refractivity contribution in [3.8, 4) is 11.4 Å². The maximum absolute atomic E-state index is 13.4. The second-order valence-corrected chi connectivity index (χ2v) is 7.74. The van der Waals surface area contributed by atoms with Crippen molar-refractivity contribution in [2.45, 2.75) is 6.92 Å². The topological polar surface area (TPSA) is 49.0 Å². The molecule has 0 radical (unpaired) electrons. The number of nitrogens with zero attached hydrogens (tertiary/aromatic N) is 3. The number of fused-ring (bicyclic) bond motifs is 2. The summed E-state index contributed by atoms with van der Waals surface area (Å²) in [5.74, 6) is 1.39. The molecule has 158 valence electrons. The lowest BCUT2D eigenvalue weighted by molar-refractivity contribution is 0.415. The molecule has 2 aromatic heterocycles. The third-order valence-electron chi connectivity index (χ3n) is 5.96. The molecule has 0 atom stereocenters. The summed E-state index contributed by atoms with van der Waals surface area (Å²) in [6, 6.07) is 23.1. The van der Waals surface area contributed by atoms with E-state index >= 15 is 0 Å². The van der Waals surface area contributed by atoms with Gasteiger partial charge in [-0.1, -0.05) is 30.3 Å². The Kier molecular flexibility index (Phi) is 4.86. The second kappa shape index (κ2) is 7.85. The fourth-order valence-electron chi connectivity index (χ4n) is 4.16. The van der Waals surface area contributed by atoms with Crippen molar-refractivity contribution < 1.29 is 4.74 Å². The lowest BCUT2D eigenvalue weighted by Gasteiger charge is -2.11. The molecule has 0 fully saturated rings. The maximum Gasteiger partial charge on any atom is 0.266 e. The Balaban J connectivity index is 1.75. The summed E-state index contributed by atoms with van der Waals surface area (Å²) >= 11 is 0. The van der Waals surface area contributed by atoms with Crippen molar-refractivity contribution in [3.05, 3.63) is 100 Å². The zero-order chi connectivity index (χ0) is 22.2. The number of hydrogen-bond acceptors (Lipinski definition) is 3. The Labute approximate surface area is 185 Å². The van der Waals surface area contributed by atoms with Gasteiger partial charge in [0.25, 0.3) is 5.56 Å². The van der Waals surface area contributed by atoms with Gasteiger partial charge in [0.05, 0.1) is 23.7 Å². The molecular formula is C27H23N3O2. The van der Waals surface area contributed by atoms with Gasteiger partial charge in [-0.05, 0) is 61.5 Å². The van der Waals surface area contributed by atoms with E-state index in [0.29, 0.717) is 16.7 Å². The molecule has 0 N–H and O–H groups in total. The van der Waals surface area contributed by atoms with Crippen LogP contribution in [0.25, 0.3) is 39.6 Å². The van der Waals surface area contributed by atoms with Gasteiger partial charge in [0.2, 0.25) is 0 Å². The molecule has 0 unspecified atom stereocenters. The Bertz CT molecular complexity index is 1540. The first-order valence-electron chi connectivity index (χ1n) is 10.5. The van der Waals surface area contributed by atoms with Crippen molar-refractivity contribution in [2.75, 3.05) is 7.11 Å². The molecular weight excluding hydrogens is 398 g/mol. The molecule has 0 aliphatic heterocycles. The lowest BCUT2D eigenvalue weighted by Crippen LogP contribution is -2.22. The number of rotatable bonds is 4. The largest absolute Gasteiger partial charge is 0.497 e. The van der Waals surface area contributed by atoms with E-state index in [0.717, 1.165) is 33.6 Å². The first-order valence-corrected chi connectivity index (χ1v) is 10.5. The number of benzene rings is 3. The standard InChI is InChI=1S/C27H23N3O2/c1-18-21(23-17-20(32-3)13-15-25(23)29(18)2)14-16-26-28-24-12-8-7-11-22(24)27(31)30(26)19-9-5-4-6-10-19/h4-17H,1-3H3/b16-14+. The Hall–Kier alpha value is -4.12. The minimum absolute atomic E-state index is 0.0854. The van der Waals surface area contributed by atoms with Gasteiger partial charge in [-0.3, -0.25) is 9.36 Å². The monoisotopic (exact) mass is 421 g/mol. The van der Waals surface area contributed by atoms with Crippen LogP contribution in [-0.4, -0.2) is 21.2 Å². The smallest absolute Gasteiger partial charge is 0.266 e. The first kappa shape index (κ1) is 19.8. The van der Waals surface area contributed by atoms with Gasteiger partial charge in [0.15, 0.2) is 0 Å². The summed E-state index contributed by atoms with van der Waals surface area (Å²) in [5.41, 5.74) is 4.70. The predicted octanol–water partition coefficient (Wildman–Crippen LogP) is 5.36. The highest BCUT2D eigenvalue weighted by Gasteiger charge is 2.13. The van der Waals surface area contributed by atoms with Crippen LogP contribution in [0, 0.1) is 6.92 Å². The average Bonchev–Trinajstić information content (AvgIpc) is 3.07. The molecule has 0 spiro atoms. The molecule has 3 aromatic carbocycles. The van der Waals surface area contributed by atoms with Gasteiger partial charge in [-0.2, -0.15) is 0 Å². The molecule has 5 heteroatoms. The lowest BCUT2D eigenvalue weighted by atomic mass is 10.1. The Morgan fingerprint density at radius 2 is 1.66 bits per heavy atom. The summed E-state index contributed by atoms with van der Waals surface area (Å²) < 4.78 is 9.26. The van der Waals surface area contributed by atoms with Crippen molar-refractivity contribution in [2.24, 2.45) is 7.05 Å². The number of methoxy groups -OCH3 is 1. The highest BCUT2D eigenvalue weighted by molar-refractivity contribution is 5.94. The number of ether oxygens (including phenoxy) is 1. The molecule has 0 amide bonds. The summed E-state index contributed by atoms with van der Waals surface area (Å²) in [6.45, 7) is 2.09. The van der Waals surface area contributed by atoms with Crippen molar-refractivity contribution in [1.29, 1.82) is 0 Å². The van der Waals surface area contributed by atoms with Crippen LogP contribution in [0.5, 0.6) is 5.75 Å². The fraction of sp³-hybridized carbons (Fsp3) is 0.111. The summed E-state index contributed by atoms with van der Waals surface area (Å²) in [6.07, 6.45) is 3.95. The van der Waals surface area contributed by atoms with Gasteiger partial charge in [0, 0.05) is 29.2 Å². The average molecular weight is 422 g/mol. The van der Waals surface area contributed by atoms with Crippen LogP contribution in [0.4, 0.5) is 0 Å². The molecule has 32 heavy (non-hydrogen) atoms. The molecule has 5 rings (SSSR count). The number of aromatic nitrogens is 3. The molecule has 0 bridgehead atoms. The molecule has 0 aliphatic carbocycles. The maximum atomic E-state index is 13.4. The number of hydrogen-bond donors (Lipinski definition) is 0. The zero-order valence-corrected chi connectivity index (χ0v) is 18.2. The van der Waals surface area contributed by atoms with E-state index in [2.05, 4.69) is 24.6 Å². The molecule has 0 saturated carbocycles. The predicted molar refractivity (Wildman–Crippen MR) is 130 cm³/mol. The van der Waals surface area contributed by atoms with E-state index in [9.17, 15) is 4.79 Å². The minimum Gasteiger partial charge on any atom is -0.497 e. The van der Waals surface area contributed by atoms with Crippen LogP contribution in [0.15, 0.2) is 77.6 Å². The molecule has 5 nitrogen and oxygen atoms in total. The third-order valence-corrected chi connectivity index (χ3v) is 5.96. The van der Waals surface area contributed by atoms with Crippen LogP contribution in [0.1, 0.15) is 17.1 Å². The fourth-order valence-corrected chi connectivity index (χ4v) is 4.16.